The Morgan fingerprint density at radius 3 is 2.52 bits per heavy atom. The first-order valence-corrected chi connectivity index (χ1v) is 8.59. The van der Waals surface area contributed by atoms with Crippen molar-refractivity contribution in [3.63, 3.8) is 0 Å². The summed E-state index contributed by atoms with van der Waals surface area (Å²) in [5.74, 6) is -0.387. The van der Waals surface area contributed by atoms with Crippen molar-refractivity contribution < 1.29 is 4.79 Å². The highest BCUT2D eigenvalue weighted by Gasteiger charge is 2.19. The summed E-state index contributed by atoms with van der Waals surface area (Å²) < 4.78 is 0. The van der Waals surface area contributed by atoms with Crippen molar-refractivity contribution in [3.8, 4) is 11.3 Å². The summed E-state index contributed by atoms with van der Waals surface area (Å²) in [5, 5.41) is 1.09. The molecule has 5 nitrogen and oxygen atoms in total. The first kappa shape index (κ1) is 16.0. The summed E-state index contributed by atoms with van der Waals surface area (Å²) in [5.41, 5.74) is 8.89. The summed E-state index contributed by atoms with van der Waals surface area (Å²) in [6.45, 7) is 8.18. The number of rotatable bonds is 3. The number of primary amides is 1. The van der Waals surface area contributed by atoms with Gasteiger partial charge in [-0.05, 0) is 38.6 Å². The van der Waals surface area contributed by atoms with Gasteiger partial charge in [-0.3, -0.25) is 4.79 Å². The van der Waals surface area contributed by atoms with Gasteiger partial charge in [-0.1, -0.05) is 6.07 Å². The number of aryl methyl sites for hydroxylation is 2. The number of thiazole rings is 1. The van der Waals surface area contributed by atoms with Crippen LogP contribution in [-0.4, -0.2) is 49.0 Å². The molecule has 1 aromatic heterocycles. The van der Waals surface area contributed by atoms with Crippen LogP contribution >= 0.6 is 11.3 Å². The summed E-state index contributed by atoms with van der Waals surface area (Å²) >= 11 is 1.74. The van der Waals surface area contributed by atoms with E-state index in [1.807, 2.05) is 19.1 Å². The van der Waals surface area contributed by atoms with Crippen molar-refractivity contribution in [3.05, 3.63) is 34.2 Å². The van der Waals surface area contributed by atoms with Crippen molar-refractivity contribution in [2.45, 2.75) is 13.8 Å². The van der Waals surface area contributed by atoms with Gasteiger partial charge in [-0.25, -0.2) is 4.98 Å². The fourth-order valence-corrected chi connectivity index (χ4v) is 3.85. The summed E-state index contributed by atoms with van der Waals surface area (Å²) in [7, 11) is 2.15. The number of amides is 1. The molecule has 2 N–H and O–H groups in total. The summed E-state index contributed by atoms with van der Waals surface area (Å²) in [4.78, 5) is 22.1. The van der Waals surface area contributed by atoms with E-state index in [1.165, 1.54) is 4.88 Å². The average Bonchev–Trinajstić information content (AvgIpc) is 2.89. The Labute approximate surface area is 140 Å². The van der Waals surface area contributed by atoms with Gasteiger partial charge in [0, 0.05) is 42.2 Å². The topological polar surface area (TPSA) is 62.5 Å². The Kier molecular flexibility index (Phi) is 4.37. The maximum absolute atomic E-state index is 11.4. The zero-order chi connectivity index (χ0) is 16.6. The lowest BCUT2D eigenvalue weighted by Crippen LogP contribution is -2.44. The number of piperazine rings is 1. The van der Waals surface area contributed by atoms with Crippen molar-refractivity contribution in [2.75, 3.05) is 38.1 Å². The van der Waals surface area contributed by atoms with E-state index < -0.39 is 0 Å². The smallest absolute Gasteiger partial charge is 0.248 e. The van der Waals surface area contributed by atoms with E-state index in [1.54, 1.807) is 17.4 Å². The SMILES string of the molecule is Cc1cc(-c2nc(N3CCN(C)CC3)sc2C)ccc1C(N)=O. The van der Waals surface area contributed by atoms with E-state index in [9.17, 15) is 4.79 Å². The van der Waals surface area contributed by atoms with E-state index in [0.29, 0.717) is 5.56 Å². The first-order valence-electron chi connectivity index (χ1n) is 7.77. The molecule has 3 rings (SSSR count). The van der Waals surface area contributed by atoms with Crippen LogP contribution in [0.3, 0.4) is 0 Å². The first-order chi connectivity index (χ1) is 11.0. The van der Waals surface area contributed by atoms with E-state index >= 15 is 0 Å². The summed E-state index contributed by atoms with van der Waals surface area (Å²) in [6.07, 6.45) is 0. The van der Waals surface area contributed by atoms with Crippen LogP contribution in [0.2, 0.25) is 0 Å². The van der Waals surface area contributed by atoms with Crippen LogP contribution in [0, 0.1) is 13.8 Å². The number of nitrogens with two attached hydrogens (primary N) is 1. The predicted molar refractivity (Wildman–Crippen MR) is 95.3 cm³/mol. The van der Waals surface area contributed by atoms with Crippen LogP contribution in [0.4, 0.5) is 5.13 Å². The number of likely N-dealkylation sites (N-methyl/N-ethyl adjacent to an activating group) is 1. The third-order valence-corrected chi connectivity index (χ3v) is 5.36. The standard InChI is InChI=1S/C17H22N4OS/c1-11-10-13(4-5-14(11)16(18)22)15-12(2)23-17(19-15)21-8-6-20(3)7-9-21/h4-5,10H,6-9H2,1-3H3,(H2,18,22). The largest absolute Gasteiger partial charge is 0.366 e. The van der Waals surface area contributed by atoms with Crippen molar-refractivity contribution in [2.24, 2.45) is 5.73 Å². The zero-order valence-corrected chi connectivity index (χ0v) is 14.6. The molecule has 0 atom stereocenters. The van der Waals surface area contributed by atoms with Crippen LogP contribution < -0.4 is 10.6 Å². The van der Waals surface area contributed by atoms with Gasteiger partial charge in [-0.2, -0.15) is 0 Å². The molecule has 0 spiro atoms. The molecule has 0 saturated carbocycles. The van der Waals surface area contributed by atoms with E-state index in [0.717, 1.165) is 48.1 Å². The molecule has 1 saturated heterocycles. The Morgan fingerprint density at radius 2 is 1.91 bits per heavy atom. The lowest BCUT2D eigenvalue weighted by atomic mass is 10.0. The molecule has 0 bridgehead atoms. The molecule has 0 unspecified atom stereocenters. The highest BCUT2D eigenvalue weighted by atomic mass is 32.1. The number of hydrogen-bond acceptors (Lipinski definition) is 5. The fraction of sp³-hybridized carbons (Fsp3) is 0.412. The minimum absolute atomic E-state index is 0.387. The van der Waals surface area contributed by atoms with Crippen molar-refractivity contribution in [1.29, 1.82) is 0 Å². The number of nitrogens with zero attached hydrogens (tertiary/aromatic N) is 3. The van der Waals surface area contributed by atoms with Crippen LogP contribution in [0.1, 0.15) is 20.8 Å². The fourth-order valence-electron chi connectivity index (χ4n) is 2.87. The van der Waals surface area contributed by atoms with Gasteiger partial charge >= 0.3 is 0 Å². The molecule has 2 heterocycles. The predicted octanol–water partition coefficient (Wildman–Crippen LogP) is 2.28. The van der Waals surface area contributed by atoms with Gasteiger partial charge < -0.3 is 15.5 Å². The van der Waals surface area contributed by atoms with Crippen molar-refractivity contribution >= 4 is 22.4 Å². The maximum atomic E-state index is 11.4. The normalized spacial score (nSPS) is 15.9. The van der Waals surface area contributed by atoms with Crippen LogP contribution in [-0.2, 0) is 0 Å². The van der Waals surface area contributed by atoms with Gasteiger partial charge in [0.05, 0.1) is 5.69 Å². The number of carbonyl (C=O) groups is 1. The quantitative estimate of drug-likeness (QED) is 0.938. The Morgan fingerprint density at radius 1 is 1.22 bits per heavy atom. The minimum Gasteiger partial charge on any atom is -0.366 e. The number of benzene rings is 1. The number of aromatic nitrogens is 1. The third-order valence-electron chi connectivity index (χ3n) is 4.32. The van der Waals surface area contributed by atoms with Gasteiger partial charge in [0.1, 0.15) is 0 Å². The van der Waals surface area contributed by atoms with Crippen molar-refractivity contribution in [1.82, 2.24) is 9.88 Å². The lowest BCUT2D eigenvalue weighted by Gasteiger charge is -2.32. The van der Waals surface area contributed by atoms with Gasteiger partial charge in [-0.15, -0.1) is 11.3 Å². The molecule has 2 aromatic rings. The second-order valence-electron chi connectivity index (χ2n) is 6.09. The molecule has 1 aliphatic heterocycles. The molecule has 1 aliphatic rings. The zero-order valence-electron chi connectivity index (χ0n) is 13.8. The molecule has 1 aromatic carbocycles. The monoisotopic (exact) mass is 330 g/mol. The molecular formula is C17H22N4OS. The van der Waals surface area contributed by atoms with Crippen LogP contribution in [0.25, 0.3) is 11.3 Å². The second-order valence-corrected chi connectivity index (χ2v) is 7.27. The Bertz CT molecular complexity index is 732. The van der Waals surface area contributed by atoms with E-state index in [-0.39, 0.29) is 5.91 Å². The van der Waals surface area contributed by atoms with Crippen LogP contribution in [0.15, 0.2) is 18.2 Å². The maximum Gasteiger partial charge on any atom is 0.248 e. The molecule has 0 aliphatic carbocycles. The second kappa shape index (κ2) is 6.29. The molecule has 6 heteroatoms. The Balaban J connectivity index is 1.89. The van der Waals surface area contributed by atoms with Crippen LogP contribution in [0.5, 0.6) is 0 Å². The number of hydrogen-bond donors (Lipinski definition) is 1. The Hall–Kier alpha value is -1.92. The molecule has 122 valence electrons. The lowest BCUT2D eigenvalue weighted by molar-refractivity contribution is 0.0999. The number of carbonyl (C=O) groups excluding carboxylic acids is 1. The molecule has 1 fully saturated rings. The third kappa shape index (κ3) is 3.23. The molecule has 1 amide bonds. The average molecular weight is 330 g/mol. The minimum atomic E-state index is -0.387. The molecule has 0 radical (unpaired) electrons. The van der Waals surface area contributed by atoms with Gasteiger partial charge in [0.2, 0.25) is 5.91 Å². The highest BCUT2D eigenvalue weighted by molar-refractivity contribution is 7.16. The highest BCUT2D eigenvalue weighted by Crippen LogP contribution is 2.33. The van der Waals surface area contributed by atoms with Gasteiger partial charge in [0.15, 0.2) is 5.13 Å². The molecular weight excluding hydrogens is 308 g/mol. The van der Waals surface area contributed by atoms with E-state index in [4.69, 9.17) is 10.7 Å². The number of anilines is 1. The van der Waals surface area contributed by atoms with Gasteiger partial charge in [0.25, 0.3) is 0 Å². The molecule has 23 heavy (non-hydrogen) atoms. The summed E-state index contributed by atoms with van der Waals surface area (Å²) in [6, 6.07) is 5.72. The van der Waals surface area contributed by atoms with E-state index in [2.05, 4.69) is 23.8 Å².